The Morgan fingerprint density at radius 3 is 1.58 bits per heavy atom. The van der Waals surface area contributed by atoms with E-state index in [4.69, 9.17) is 4.42 Å². The average Bonchev–Trinajstić information content (AvgIpc) is 3.08. The molecule has 2 aromatic heterocycles. The first-order valence-corrected chi connectivity index (χ1v) is 9.84. The highest BCUT2D eigenvalue weighted by atomic mass is 32.1. The van der Waals surface area contributed by atoms with E-state index in [0.717, 1.165) is 11.5 Å². The third-order valence-corrected chi connectivity index (χ3v) is 5.68. The van der Waals surface area contributed by atoms with Crippen LogP contribution in [0.1, 0.15) is 102 Å². The van der Waals surface area contributed by atoms with Gasteiger partial charge in [0.2, 0.25) is 0 Å². The van der Waals surface area contributed by atoms with Gasteiger partial charge in [-0.1, -0.05) is 69.2 Å². The molecule has 0 aliphatic carbocycles. The zero-order valence-corrected chi connectivity index (χ0v) is 18.1. The van der Waals surface area contributed by atoms with E-state index in [2.05, 4.69) is 93.5 Å². The minimum Gasteiger partial charge on any atom is -0.465 e. The molecule has 24 heavy (non-hydrogen) atoms. The highest BCUT2D eigenvalue weighted by molar-refractivity contribution is 7.12. The van der Waals surface area contributed by atoms with Gasteiger partial charge in [0.05, 0.1) is 0 Å². The van der Waals surface area contributed by atoms with Crippen LogP contribution in [-0.2, 0) is 10.8 Å². The minimum atomic E-state index is 0.132. The summed E-state index contributed by atoms with van der Waals surface area (Å²) >= 11 is 1.95. The van der Waals surface area contributed by atoms with Crippen LogP contribution in [0.25, 0.3) is 0 Å². The molecule has 2 heterocycles. The molecule has 0 aliphatic rings. The van der Waals surface area contributed by atoms with E-state index in [0.29, 0.717) is 17.3 Å². The fourth-order valence-electron chi connectivity index (χ4n) is 2.13. The first kappa shape index (κ1) is 21.0. The molecule has 0 saturated heterocycles. The quantitative estimate of drug-likeness (QED) is 0.538. The van der Waals surface area contributed by atoms with Gasteiger partial charge in [0, 0.05) is 21.1 Å². The van der Waals surface area contributed by atoms with Gasteiger partial charge in [0.1, 0.15) is 11.5 Å². The van der Waals surface area contributed by atoms with Crippen LogP contribution in [0.5, 0.6) is 0 Å². The zero-order valence-electron chi connectivity index (χ0n) is 17.3. The molecule has 0 saturated carbocycles. The van der Waals surface area contributed by atoms with Gasteiger partial charge in [-0.15, -0.1) is 11.3 Å². The average molecular weight is 349 g/mol. The molecule has 2 heteroatoms. The normalized spacial score (nSPS) is 12.5. The summed E-state index contributed by atoms with van der Waals surface area (Å²) < 4.78 is 5.71. The highest BCUT2D eigenvalue weighted by Crippen LogP contribution is 2.32. The van der Waals surface area contributed by atoms with Crippen molar-refractivity contribution in [3.8, 4) is 0 Å². The van der Waals surface area contributed by atoms with Gasteiger partial charge in [-0.2, -0.15) is 0 Å². The molecule has 0 fully saturated rings. The van der Waals surface area contributed by atoms with Crippen LogP contribution >= 0.6 is 11.3 Å². The van der Waals surface area contributed by atoms with Gasteiger partial charge in [-0.05, 0) is 35.6 Å². The lowest BCUT2D eigenvalue weighted by atomic mass is 9.94. The maximum atomic E-state index is 5.71. The molecule has 0 unspecified atom stereocenters. The number of thiophene rings is 1. The molecule has 0 radical (unpaired) electrons. The van der Waals surface area contributed by atoms with Crippen LogP contribution in [0.3, 0.4) is 0 Å². The Labute approximate surface area is 153 Å². The van der Waals surface area contributed by atoms with Crippen molar-refractivity contribution in [1.29, 1.82) is 0 Å². The second kappa shape index (κ2) is 7.91. The van der Waals surface area contributed by atoms with Crippen LogP contribution in [0.4, 0.5) is 0 Å². The van der Waals surface area contributed by atoms with Crippen LogP contribution in [-0.4, -0.2) is 0 Å². The molecule has 1 nitrogen and oxygen atoms in total. The fourth-order valence-corrected chi connectivity index (χ4v) is 3.20. The molecule has 0 bridgehead atoms. The summed E-state index contributed by atoms with van der Waals surface area (Å²) in [5, 5.41) is 0. The zero-order chi connectivity index (χ0) is 18.7. The van der Waals surface area contributed by atoms with Gasteiger partial charge in [-0.25, -0.2) is 0 Å². The van der Waals surface area contributed by atoms with E-state index in [1.54, 1.807) is 0 Å². The van der Waals surface area contributed by atoms with Crippen molar-refractivity contribution >= 4 is 11.3 Å². The van der Waals surface area contributed by atoms with Gasteiger partial charge >= 0.3 is 0 Å². The molecule has 0 spiro atoms. The van der Waals surface area contributed by atoms with Crippen LogP contribution in [0.15, 0.2) is 28.7 Å². The van der Waals surface area contributed by atoms with Crippen molar-refractivity contribution in [1.82, 2.24) is 0 Å². The second-order valence-corrected chi connectivity index (χ2v) is 10.3. The lowest BCUT2D eigenvalue weighted by Gasteiger charge is -2.15. The van der Waals surface area contributed by atoms with Crippen molar-refractivity contribution < 1.29 is 4.42 Å². The highest BCUT2D eigenvalue weighted by Gasteiger charge is 2.18. The van der Waals surface area contributed by atoms with Crippen molar-refractivity contribution in [2.24, 2.45) is 0 Å². The third-order valence-electron chi connectivity index (χ3n) is 3.87. The Kier molecular flexibility index (Phi) is 6.93. The molecule has 0 amide bonds. The van der Waals surface area contributed by atoms with E-state index in [9.17, 15) is 0 Å². The lowest BCUT2D eigenvalue weighted by molar-refractivity contribution is 0.377. The number of hydrogen-bond acceptors (Lipinski definition) is 2. The minimum absolute atomic E-state index is 0.132. The summed E-state index contributed by atoms with van der Waals surface area (Å²) in [6.07, 6.45) is 0. The van der Waals surface area contributed by atoms with E-state index in [1.165, 1.54) is 9.75 Å². The number of furan rings is 1. The van der Waals surface area contributed by atoms with E-state index < -0.39 is 0 Å². The monoisotopic (exact) mass is 348 g/mol. The van der Waals surface area contributed by atoms with E-state index in [1.807, 2.05) is 11.3 Å². The number of hydrogen-bond donors (Lipinski definition) is 0. The molecule has 2 aromatic rings. The second-order valence-electron chi connectivity index (χ2n) is 9.21. The summed E-state index contributed by atoms with van der Waals surface area (Å²) in [6, 6.07) is 8.68. The SMILES string of the molecule is CC(C)c1ccc(C(C)(C)C)o1.CC(C)c1ccc(C(C)(C)C)s1. The van der Waals surface area contributed by atoms with Crippen molar-refractivity contribution in [3.63, 3.8) is 0 Å². The van der Waals surface area contributed by atoms with Gasteiger partial charge in [0.15, 0.2) is 0 Å². The van der Waals surface area contributed by atoms with E-state index in [-0.39, 0.29) is 5.41 Å². The van der Waals surface area contributed by atoms with Crippen LogP contribution < -0.4 is 0 Å². The van der Waals surface area contributed by atoms with Crippen molar-refractivity contribution in [2.75, 3.05) is 0 Å². The summed E-state index contributed by atoms with van der Waals surface area (Å²) in [5.41, 5.74) is 0.449. The van der Waals surface area contributed by atoms with Gasteiger partial charge in [-0.3, -0.25) is 0 Å². The smallest absolute Gasteiger partial charge is 0.109 e. The van der Waals surface area contributed by atoms with Crippen LogP contribution in [0, 0.1) is 0 Å². The first-order valence-electron chi connectivity index (χ1n) is 9.02. The fraction of sp³-hybridized carbons (Fsp3) is 0.636. The standard InChI is InChI=1S/C11H18O.C11H18S/c2*1-8(2)9-6-7-10(12-9)11(3,4)5/h2*6-8H,1-5H3. The summed E-state index contributed by atoms with van der Waals surface area (Å²) in [5.74, 6) is 3.32. The predicted molar refractivity (Wildman–Crippen MR) is 109 cm³/mol. The topological polar surface area (TPSA) is 13.1 Å². The lowest BCUT2D eigenvalue weighted by Crippen LogP contribution is -2.09. The molecule has 136 valence electrons. The molecule has 0 N–H and O–H groups in total. The molecule has 0 atom stereocenters. The van der Waals surface area contributed by atoms with Gasteiger partial charge in [0.25, 0.3) is 0 Å². The molecular weight excluding hydrogens is 312 g/mol. The van der Waals surface area contributed by atoms with Crippen LogP contribution in [0.2, 0.25) is 0 Å². The number of rotatable bonds is 2. The van der Waals surface area contributed by atoms with Crippen molar-refractivity contribution in [2.45, 2.75) is 91.9 Å². The Morgan fingerprint density at radius 2 is 1.33 bits per heavy atom. The van der Waals surface area contributed by atoms with E-state index >= 15 is 0 Å². The predicted octanol–water partition coefficient (Wildman–Crippen LogP) is 7.87. The van der Waals surface area contributed by atoms with Gasteiger partial charge < -0.3 is 4.42 Å². The maximum Gasteiger partial charge on any atom is 0.109 e. The third kappa shape index (κ3) is 6.12. The summed E-state index contributed by atoms with van der Waals surface area (Å²) in [7, 11) is 0. The molecule has 2 rings (SSSR count). The van der Waals surface area contributed by atoms with Crippen molar-refractivity contribution in [3.05, 3.63) is 45.5 Å². The Morgan fingerprint density at radius 1 is 0.750 bits per heavy atom. The Hall–Kier alpha value is -1.02. The Balaban J connectivity index is 0.000000240. The molecular formula is C22H36OS. The molecule has 0 aliphatic heterocycles. The Bertz CT molecular complexity index is 559. The molecule has 0 aromatic carbocycles. The largest absolute Gasteiger partial charge is 0.465 e. The first-order chi connectivity index (χ1) is 10.8. The summed E-state index contributed by atoms with van der Waals surface area (Å²) in [4.78, 5) is 2.99. The maximum absolute atomic E-state index is 5.71. The summed E-state index contributed by atoms with van der Waals surface area (Å²) in [6.45, 7) is 22.1.